The summed E-state index contributed by atoms with van der Waals surface area (Å²) < 4.78 is 1.18. The van der Waals surface area contributed by atoms with Gasteiger partial charge >= 0.3 is 0 Å². The highest BCUT2D eigenvalue weighted by atomic mass is 16.3. The van der Waals surface area contributed by atoms with Gasteiger partial charge in [-0.1, -0.05) is 13.3 Å². The largest absolute Gasteiger partial charge is 0.493 e. The zero-order chi connectivity index (χ0) is 13.0. The van der Waals surface area contributed by atoms with Crippen molar-refractivity contribution in [3.8, 4) is 11.9 Å². The molecule has 1 aromatic rings. The normalized spacial score (nSPS) is 9.94. The second-order valence-electron chi connectivity index (χ2n) is 3.75. The molecule has 5 nitrogen and oxygen atoms in total. The Morgan fingerprint density at radius 2 is 2.24 bits per heavy atom. The lowest BCUT2D eigenvalue weighted by Crippen LogP contribution is -2.22. The van der Waals surface area contributed by atoms with Crippen molar-refractivity contribution in [2.45, 2.75) is 33.2 Å². The van der Waals surface area contributed by atoms with Gasteiger partial charge in [-0.05, 0) is 20.1 Å². The van der Waals surface area contributed by atoms with Crippen LogP contribution in [-0.2, 0) is 6.54 Å². The monoisotopic (exact) mass is 233 g/mol. The third-order valence-corrected chi connectivity index (χ3v) is 2.66. The predicted octanol–water partition coefficient (Wildman–Crippen LogP) is 1.87. The van der Waals surface area contributed by atoms with Crippen molar-refractivity contribution >= 4 is 12.4 Å². The Morgan fingerprint density at radius 3 is 2.71 bits per heavy atom. The van der Waals surface area contributed by atoms with Gasteiger partial charge in [-0.2, -0.15) is 5.26 Å². The van der Waals surface area contributed by atoms with E-state index in [9.17, 15) is 9.90 Å². The van der Waals surface area contributed by atoms with E-state index in [4.69, 9.17) is 5.26 Å². The van der Waals surface area contributed by atoms with Gasteiger partial charge in [0.05, 0.1) is 0 Å². The first kappa shape index (κ1) is 13.0. The van der Waals surface area contributed by atoms with E-state index < -0.39 is 5.56 Å². The summed E-state index contributed by atoms with van der Waals surface area (Å²) in [5.41, 5.74) is 0.193. The van der Waals surface area contributed by atoms with Gasteiger partial charge in [0.1, 0.15) is 17.3 Å². The first-order valence-electron chi connectivity index (χ1n) is 5.41. The number of unbranched alkanes of at least 4 members (excludes halogenated alkanes) is 1. The standard InChI is InChI=1S/C12H15N3O2/c1-4-5-6-15-11(16)9(7-13)8(2)10(14-3)12(15)17/h16H,3-6H2,1-2H3. The Hall–Kier alpha value is -2.09. The summed E-state index contributed by atoms with van der Waals surface area (Å²) in [5.74, 6) is -0.282. The number of hydrogen-bond donors (Lipinski definition) is 1. The first-order valence-corrected chi connectivity index (χ1v) is 5.41. The molecule has 0 radical (unpaired) electrons. The molecule has 0 aromatic carbocycles. The predicted molar refractivity (Wildman–Crippen MR) is 65.9 cm³/mol. The topological polar surface area (TPSA) is 78.4 Å². The molecular weight excluding hydrogens is 218 g/mol. The van der Waals surface area contributed by atoms with E-state index in [1.807, 2.05) is 13.0 Å². The van der Waals surface area contributed by atoms with E-state index in [-0.39, 0.29) is 17.1 Å². The van der Waals surface area contributed by atoms with E-state index >= 15 is 0 Å². The molecule has 0 spiro atoms. The molecule has 0 amide bonds. The van der Waals surface area contributed by atoms with Crippen LogP contribution in [0.5, 0.6) is 5.88 Å². The van der Waals surface area contributed by atoms with Crippen molar-refractivity contribution in [3.63, 3.8) is 0 Å². The molecule has 1 aromatic heterocycles. The second-order valence-corrected chi connectivity index (χ2v) is 3.75. The Kier molecular flexibility index (Phi) is 4.05. The summed E-state index contributed by atoms with van der Waals surface area (Å²) in [4.78, 5) is 15.6. The van der Waals surface area contributed by atoms with Crippen LogP contribution in [0.4, 0.5) is 5.69 Å². The molecule has 0 fully saturated rings. The zero-order valence-electron chi connectivity index (χ0n) is 10.0. The summed E-state index contributed by atoms with van der Waals surface area (Å²) in [6, 6.07) is 1.88. The lowest BCUT2D eigenvalue weighted by atomic mass is 10.1. The molecule has 17 heavy (non-hydrogen) atoms. The Balaban J connectivity index is 3.55. The van der Waals surface area contributed by atoms with E-state index in [0.29, 0.717) is 12.1 Å². The minimum absolute atomic E-state index is 0.0862. The Bertz CT molecular complexity index is 538. The van der Waals surface area contributed by atoms with Crippen LogP contribution in [0.1, 0.15) is 30.9 Å². The molecule has 1 rings (SSSR count). The third kappa shape index (κ3) is 2.21. The van der Waals surface area contributed by atoms with Gasteiger partial charge in [-0.3, -0.25) is 14.4 Å². The number of aromatic hydroxyl groups is 1. The molecule has 1 N–H and O–H groups in total. The van der Waals surface area contributed by atoms with Crippen molar-refractivity contribution in [2.24, 2.45) is 4.99 Å². The van der Waals surface area contributed by atoms with Crippen LogP contribution in [0.3, 0.4) is 0 Å². The molecule has 0 bridgehead atoms. The lowest BCUT2D eigenvalue weighted by molar-refractivity contribution is 0.399. The maximum atomic E-state index is 12.0. The highest BCUT2D eigenvalue weighted by Gasteiger charge is 2.17. The number of rotatable bonds is 4. The molecule has 1 heterocycles. The average molecular weight is 233 g/mol. The number of nitrogens with zero attached hydrogens (tertiary/aromatic N) is 3. The molecule has 0 saturated heterocycles. The average Bonchev–Trinajstić information content (AvgIpc) is 2.30. The molecular formula is C12H15N3O2. The number of aliphatic imine (C=N–C) groups is 1. The third-order valence-electron chi connectivity index (χ3n) is 2.66. The molecule has 90 valence electrons. The van der Waals surface area contributed by atoms with Crippen LogP contribution in [0.15, 0.2) is 9.79 Å². The second kappa shape index (κ2) is 5.30. The van der Waals surface area contributed by atoms with Gasteiger partial charge in [0.2, 0.25) is 5.88 Å². The van der Waals surface area contributed by atoms with Gasteiger partial charge in [0.15, 0.2) is 0 Å². The SMILES string of the molecule is C=Nc1c(C)c(C#N)c(O)n(CCCC)c1=O. The summed E-state index contributed by atoms with van der Waals surface area (Å²) >= 11 is 0. The van der Waals surface area contributed by atoms with Crippen LogP contribution < -0.4 is 5.56 Å². The summed E-state index contributed by atoms with van der Waals surface area (Å²) in [5, 5.41) is 18.8. The molecule has 0 atom stereocenters. The van der Waals surface area contributed by atoms with Gasteiger partial charge in [-0.25, -0.2) is 0 Å². The van der Waals surface area contributed by atoms with E-state index in [1.165, 1.54) is 4.57 Å². The number of nitriles is 1. The molecule has 0 aliphatic heterocycles. The van der Waals surface area contributed by atoms with E-state index in [0.717, 1.165) is 12.8 Å². The molecule has 0 aliphatic rings. The molecule has 0 aliphatic carbocycles. The zero-order valence-corrected chi connectivity index (χ0v) is 10.0. The summed E-state index contributed by atoms with van der Waals surface area (Å²) in [6.45, 7) is 7.26. The van der Waals surface area contributed by atoms with Gasteiger partial charge < -0.3 is 5.11 Å². The lowest BCUT2D eigenvalue weighted by Gasteiger charge is -2.12. The Labute approximate surface area is 99.7 Å². The van der Waals surface area contributed by atoms with Crippen LogP contribution >= 0.6 is 0 Å². The number of pyridine rings is 1. The van der Waals surface area contributed by atoms with Crippen molar-refractivity contribution < 1.29 is 5.11 Å². The van der Waals surface area contributed by atoms with Crippen LogP contribution in [0.2, 0.25) is 0 Å². The maximum absolute atomic E-state index is 12.0. The molecule has 0 unspecified atom stereocenters. The van der Waals surface area contributed by atoms with Crippen LogP contribution in [0, 0.1) is 18.3 Å². The number of hydrogen-bond acceptors (Lipinski definition) is 4. The van der Waals surface area contributed by atoms with Crippen molar-refractivity contribution in [3.05, 3.63) is 21.5 Å². The first-order chi connectivity index (χ1) is 8.08. The van der Waals surface area contributed by atoms with Crippen molar-refractivity contribution in [1.29, 1.82) is 5.26 Å². The summed E-state index contributed by atoms with van der Waals surface area (Å²) in [6.07, 6.45) is 1.64. The minimum Gasteiger partial charge on any atom is -0.493 e. The van der Waals surface area contributed by atoms with Crippen molar-refractivity contribution in [1.82, 2.24) is 4.57 Å². The van der Waals surface area contributed by atoms with Gasteiger partial charge in [-0.15, -0.1) is 0 Å². The van der Waals surface area contributed by atoms with Gasteiger partial charge in [0, 0.05) is 12.1 Å². The minimum atomic E-state index is -0.401. The Morgan fingerprint density at radius 1 is 1.59 bits per heavy atom. The molecule has 0 saturated carbocycles. The van der Waals surface area contributed by atoms with Gasteiger partial charge in [0.25, 0.3) is 5.56 Å². The van der Waals surface area contributed by atoms with E-state index in [1.54, 1.807) is 6.92 Å². The van der Waals surface area contributed by atoms with Crippen LogP contribution in [-0.4, -0.2) is 16.4 Å². The maximum Gasteiger partial charge on any atom is 0.279 e. The molecule has 5 heteroatoms. The highest BCUT2D eigenvalue weighted by molar-refractivity contribution is 5.59. The highest BCUT2D eigenvalue weighted by Crippen LogP contribution is 2.25. The van der Waals surface area contributed by atoms with Crippen molar-refractivity contribution in [2.75, 3.05) is 0 Å². The van der Waals surface area contributed by atoms with E-state index in [2.05, 4.69) is 11.7 Å². The fourth-order valence-corrected chi connectivity index (χ4v) is 1.65. The quantitative estimate of drug-likeness (QED) is 0.806. The van der Waals surface area contributed by atoms with Crippen LogP contribution in [0.25, 0.3) is 0 Å². The summed E-state index contributed by atoms with van der Waals surface area (Å²) in [7, 11) is 0. The number of aromatic nitrogens is 1. The fraction of sp³-hybridized carbons (Fsp3) is 0.417. The fourth-order valence-electron chi connectivity index (χ4n) is 1.65. The smallest absolute Gasteiger partial charge is 0.279 e.